The van der Waals surface area contributed by atoms with Crippen LogP contribution >= 0.6 is 15.6 Å². The van der Waals surface area contributed by atoms with Crippen LogP contribution in [-0.4, -0.2) is 96.7 Å². The minimum atomic E-state index is -4.95. The van der Waals surface area contributed by atoms with Gasteiger partial charge in [0, 0.05) is 25.7 Å². The molecule has 19 heteroatoms. The van der Waals surface area contributed by atoms with Crippen molar-refractivity contribution in [3.05, 3.63) is 0 Å². The zero-order chi connectivity index (χ0) is 67.5. The fourth-order valence-electron chi connectivity index (χ4n) is 10.8. The van der Waals surface area contributed by atoms with Gasteiger partial charge in [-0.1, -0.05) is 306 Å². The molecule has 17 nitrogen and oxygen atoms in total. The predicted molar refractivity (Wildman–Crippen MR) is 367 cm³/mol. The van der Waals surface area contributed by atoms with Gasteiger partial charge >= 0.3 is 39.5 Å². The fourth-order valence-corrected chi connectivity index (χ4v) is 12.4. The second-order valence-corrected chi connectivity index (χ2v) is 30.3. The summed E-state index contributed by atoms with van der Waals surface area (Å²) in [5, 5.41) is 10.6. The molecule has 4 unspecified atom stereocenters. The molecule has 91 heavy (non-hydrogen) atoms. The monoisotopic (exact) mass is 1340 g/mol. The number of esters is 4. The molecule has 0 heterocycles. The molecule has 0 saturated heterocycles. The van der Waals surface area contributed by atoms with Gasteiger partial charge in [0.05, 0.1) is 26.4 Å². The normalized spacial score (nSPS) is 14.8. The molecular formula is C72H140O17P2. The lowest BCUT2D eigenvalue weighted by atomic mass is 9.99. The third-order valence-electron chi connectivity index (χ3n) is 17.3. The number of rotatable bonds is 69. The van der Waals surface area contributed by atoms with Crippen LogP contribution in [0.15, 0.2) is 0 Å². The summed E-state index contributed by atoms with van der Waals surface area (Å²) in [6.45, 7) is 14.1. The summed E-state index contributed by atoms with van der Waals surface area (Å²) in [6.07, 6.45) is 44.5. The van der Waals surface area contributed by atoms with E-state index >= 15 is 0 Å². The van der Waals surface area contributed by atoms with Gasteiger partial charge in [-0.15, -0.1) is 0 Å². The summed E-state index contributed by atoms with van der Waals surface area (Å²) in [5.74, 6) is 0.906. The minimum Gasteiger partial charge on any atom is -0.462 e. The molecule has 0 aliphatic rings. The van der Waals surface area contributed by atoms with Crippen molar-refractivity contribution in [1.29, 1.82) is 0 Å². The third-order valence-corrected chi connectivity index (χ3v) is 19.2. The van der Waals surface area contributed by atoms with E-state index in [0.717, 1.165) is 120 Å². The zero-order valence-electron chi connectivity index (χ0n) is 59.5. The van der Waals surface area contributed by atoms with Crippen LogP contribution in [0.3, 0.4) is 0 Å². The first-order chi connectivity index (χ1) is 43.7. The van der Waals surface area contributed by atoms with Crippen LogP contribution in [0.5, 0.6) is 0 Å². The molecule has 0 aromatic rings. The lowest BCUT2D eigenvalue weighted by Crippen LogP contribution is -2.30. The molecule has 0 amide bonds. The van der Waals surface area contributed by atoms with Crippen molar-refractivity contribution in [1.82, 2.24) is 0 Å². The first-order valence-electron chi connectivity index (χ1n) is 37.3. The zero-order valence-corrected chi connectivity index (χ0v) is 61.3. The average molecular weight is 1340 g/mol. The van der Waals surface area contributed by atoms with E-state index in [-0.39, 0.29) is 25.7 Å². The van der Waals surface area contributed by atoms with Gasteiger partial charge in [-0.3, -0.25) is 37.3 Å². The van der Waals surface area contributed by atoms with Gasteiger partial charge in [-0.05, 0) is 49.4 Å². The number of phosphoric acid groups is 2. The molecule has 0 spiro atoms. The van der Waals surface area contributed by atoms with E-state index in [9.17, 15) is 43.2 Å². The van der Waals surface area contributed by atoms with Crippen LogP contribution in [0.4, 0.5) is 0 Å². The predicted octanol–water partition coefficient (Wildman–Crippen LogP) is 20.5. The maximum absolute atomic E-state index is 13.0. The molecule has 0 aromatic carbocycles. The Morgan fingerprint density at radius 3 is 0.780 bits per heavy atom. The van der Waals surface area contributed by atoms with Crippen molar-refractivity contribution < 1.29 is 80.2 Å². The summed E-state index contributed by atoms with van der Waals surface area (Å²) in [7, 11) is -9.91. The maximum atomic E-state index is 13.0. The van der Waals surface area contributed by atoms with E-state index < -0.39 is 97.5 Å². The number of aliphatic hydroxyl groups is 1. The van der Waals surface area contributed by atoms with Gasteiger partial charge < -0.3 is 33.8 Å². The standard InChI is InChI=1S/C72H140O17P2/c1-9-64(7)50-42-34-26-20-17-18-22-28-39-47-55-72(77)89-68(59-83-70(75)53-45-37-31-30-35-43-51-65(8)10-2)61-87-91(80,81)85-57-66(73)56-84-90(78,79)86-60-67(58-82-69(74)52-44-36-29-23-25-33-41-49-63(5)6)88-71(76)54-46-38-27-21-16-14-12-11-13-15-19-24-32-40-48-62(3)4/h62-68,73H,9-61H2,1-8H3,(H,78,79)(H,80,81)/t64?,65?,66-,67-,68-/m1/s1. The number of carbonyl (C=O) groups excluding carboxylic acids is 4. The highest BCUT2D eigenvalue weighted by Gasteiger charge is 2.30. The van der Waals surface area contributed by atoms with Crippen molar-refractivity contribution in [2.24, 2.45) is 23.7 Å². The molecule has 0 aliphatic carbocycles. The number of phosphoric ester groups is 2. The highest BCUT2D eigenvalue weighted by molar-refractivity contribution is 7.47. The van der Waals surface area contributed by atoms with Crippen LogP contribution in [0, 0.1) is 23.7 Å². The number of unbranched alkanes of at least 4 members (excludes halogenated alkanes) is 33. The molecule has 0 aliphatic heterocycles. The first-order valence-corrected chi connectivity index (χ1v) is 40.3. The Balaban J connectivity index is 5.24. The second kappa shape index (κ2) is 61.6. The smallest absolute Gasteiger partial charge is 0.462 e. The molecule has 0 aromatic heterocycles. The quantitative estimate of drug-likeness (QED) is 0.0222. The summed E-state index contributed by atoms with van der Waals surface area (Å²) in [4.78, 5) is 72.6. The molecule has 7 atom stereocenters. The van der Waals surface area contributed by atoms with Gasteiger partial charge in [-0.2, -0.15) is 0 Å². The number of carbonyl (C=O) groups is 4. The van der Waals surface area contributed by atoms with Crippen LogP contribution in [0.2, 0.25) is 0 Å². The van der Waals surface area contributed by atoms with Crippen molar-refractivity contribution in [3.63, 3.8) is 0 Å². The second-order valence-electron chi connectivity index (χ2n) is 27.4. The Labute approximate surface area is 556 Å². The lowest BCUT2D eigenvalue weighted by molar-refractivity contribution is -0.161. The Kier molecular flexibility index (Phi) is 60.3. The van der Waals surface area contributed by atoms with Crippen molar-refractivity contribution in [2.45, 2.75) is 375 Å². The molecule has 3 N–H and O–H groups in total. The summed E-state index contributed by atoms with van der Waals surface area (Å²) in [6, 6.07) is 0. The molecule has 0 bridgehead atoms. The fraction of sp³-hybridized carbons (Fsp3) is 0.944. The Bertz CT molecular complexity index is 1800. The number of aliphatic hydroxyl groups excluding tert-OH is 1. The Hall–Kier alpha value is -1.94. The summed E-state index contributed by atoms with van der Waals surface area (Å²) in [5.41, 5.74) is 0. The summed E-state index contributed by atoms with van der Waals surface area (Å²) >= 11 is 0. The Morgan fingerprint density at radius 1 is 0.308 bits per heavy atom. The maximum Gasteiger partial charge on any atom is 0.472 e. The first kappa shape index (κ1) is 89.1. The van der Waals surface area contributed by atoms with Gasteiger partial charge in [-0.25, -0.2) is 9.13 Å². The highest BCUT2D eigenvalue weighted by Crippen LogP contribution is 2.45. The minimum absolute atomic E-state index is 0.105. The summed E-state index contributed by atoms with van der Waals surface area (Å²) < 4.78 is 68.3. The van der Waals surface area contributed by atoms with Gasteiger partial charge in [0.25, 0.3) is 0 Å². The highest BCUT2D eigenvalue weighted by atomic mass is 31.2. The van der Waals surface area contributed by atoms with Crippen molar-refractivity contribution in [2.75, 3.05) is 39.6 Å². The molecule has 0 fully saturated rings. The van der Waals surface area contributed by atoms with Crippen LogP contribution < -0.4 is 0 Å². The van der Waals surface area contributed by atoms with Gasteiger partial charge in [0.2, 0.25) is 0 Å². The number of ether oxygens (including phenoxy) is 4. The number of hydrogen-bond acceptors (Lipinski definition) is 15. The van der Waals surface area contributed by atoms with E-state index in [1.807, 2.05) is 0 Å². The molecular weight excluding hydrogens is 1200 g/mol. The van der Waals surface area contributed by atoms with E-state index in [0.29, 0.717) is 31.6 Å². The van der Waals surface area contributed by atoms with E-state index in [2.05, 4.69) is 55.4 Å². The van der Waals surface area contributed by atoms with E-state index in [1.165, 1.54) is 148 Å². The number of hydrogen-bond donors (Lipinski definition) is 3. The van der Waals surface area contributed by atoms with Crippen LogP contribution in [0.1, 0.15) is 357 Å². The van der Waals surface area contributed by atoms with Gasteiger partial charge in [0.15, 0.2) is 12.2 Å². The van der Waals surface area contributed by atoms with E-state index in [4.69, 9.17) is 37.0 Å². The van der Waals surface area contributed by atoms with Crippen molar-refractivity contribution >= 4 is 39.5 Å². The molecule has 0 rings (SSSR count). The molecule has 540 valence electrons. The molecule has 0 saturated carbocycles. The van der Waals surface area contributed by atoms with Crippen molar-refractivity contribution in [3.8, 4) is 0 Å². The van der Waals surface area contributed by atoms with E-state index in [1.54, 1.807) is 0 Å². The SMILES string of the molecule is CCC(C)CCCCCCCCCCCCC(=O)O[C@H](COC(=O)CCCCCCCCC(C)CC)COP(=O)(O)OC[C@H](O)COP(=O)(O)OC[C@@H](COC(=O)CCCCCCCCCC(C)C)OC(=O)CCCCCCCCCCCCCCCCC(C)C. The third kappa shape index (κ3) is 63.9. The average Bonchev–Trinajstić information content (AvgIpc) is 3.60. The van der Waals surface area contributed by atoms with Crippen LogP contribution in [0.25, 0.3) is 0 Å². The molecule has 0 radical (unpaired) electrons. The largest absolute Gasteiger partial charge is 0.472 e. The van der Waals surface area contributed by atoms with Crippen LogP contribution in [-0.2, 0) is 65.4 Å². The lowest BCUT2D eigenvalue weighted by Gasteiger charge is -2.21. The topological polar surface area (TPSA) is 237 Å². The Morgan fingerprint density at radius 2 is 0.527 bits per heavy atom. The van der Waals surface area contributed by atoms with Gasteiger partial charge in [0.1, 0.15) is 19.3 Å².